The van der Waals surface area contributed by atoms with Crippen molar-refractivity contribution in [2.45, 2.75) is 71.9 Å². The molecular formula is C29H36N4O2. The highest BCUT2D eigenvalue weighted by molar-refractivity contribution is 5.97. The van der Waals surface area contributed by atoms with E-state index in [-0.39, 0.29) is 24.2 Å². The third-order valence-electron chi connectivity index (χ3n) is 7.50. The van der Waals surface area contributed by atoms with Crippen molar-refractivity contribution in [3.63, 3.8) is 0 Å². The Labute approximate surface area is 209 Å². The first-order valence-electron chi connectivity index (χ1n) is 12.9. The lowest BCUT2D eigenvalue weighted by atomic mass is 9.93. The van der Waals surface area contributed by atoms with Crippen molar-refractivity contribution in [3.05, 3.63) is 64.0 Å². The van der Waals surface area contributed by atoms with Gasteiger partial charge in [0, 0.05) is 62.5 Å². The largest absolute Gasteiger partial charge is 0.337 e. The van der Waals surface area contributed by atoms with Gasteiger partial charge in [-0.15, -0.1) is 0 Å². The van der Waals surface area contributed by atoms with Gasteiger partial charge in [0.1, 0.15) is 0 Å². The maximum Gasteiger partial charge on any atom is 0.222 e. The summed E-state index contributed by atoms with van der Waals surface area (Å²) in [5.41, 5.74) is 5.17. The number of ketones is 1. The van der Waals surface area contributed by atoms with E-state index in [0.717, 1.165) is 60.8 Å². The first kappa shape index (κ1) is 25.1. The second kappa shape index (κ2) is 11.1. The summed E-state index contributed by atoms with van der Waals surface area (Å²) in [6, 6.07) is 9.96. The van der Waals surface area contributed by atoms with Gasteiger partial charge in [-0.2, -0.15) is 5.26 Å². The Hall–Kier alpha value is -3.04. The van der Waals surface area contributed by atoms with Crippen molar-refractivity contribution < 1.29 is 9.59 Å². The SMILES string of the molecule is CCc1ccc(C(=O)Cc2cc(C#N)cc(CN3CCN(C(=O)CCC4CC4)[C@@H](C)C3)c2C)cn1. The summed E-state index contributed by atoms with van der Waals surface area (Å²) in [6.45, 7) is 9.29. The zero-order chi connectivity index (χ0) is 24.9. The van der Waals surface area contributed by atoms with Crippen LogP contribution in [0.15, 0.2) is 30.5 Å². The van der Waals surface area contributed by atoms with Crippen molar-refractivity contribution in [2.24, 2.45) is 5.92 Å². The minimum atomic E-state index is 0.0104. The van der Waals surface area contributed by atoms with Gasteiger partial charge in [-0.3, -0.25) is 19.5 Å². The number of aryl methyl sites for hydroxylation is 1. The molecule has 0 bridgehead atoms. The Bertz CT molecular complexity index is 1110. The second-order valence-corrected chi connectivity index (χ2v) is 10.2. The monoisotopic (exact) mass is 472 g/mol. The van der Waals surface area contributed by atoms with Crippen LogP contribution in [-0.2, 0) is 24.2 Å². The molecule has 4 rings (SSSR count). The van der Waals surface area contributed by atoms with E-state index in [1.807, 2.05) is 43.0 Å². The lowest BCUT2D eigenvalue weighted by Gasteiger charge is -2.40. The summed E-state index contributed by atoms with van der Waals surface area (Å²) in [4.78, 5) is 34.4. The number of hydrogen-bond donors (Lipinski definition) is 0. The zero-order valence-corrected chi connectivity index (χ0v) is 21.2. The van der Waals surface area contributed by atoms with Crippen molar-refractivity contribution >= 4 is 11.7 Å². The highest BCUT2D eigenvalue weighted by Crippen LogP contribution is 2.33. The van der Waals surface area contributed by atoms with Crippen molar-refractivity contribution in [1.82, 2.24) is 14.8 Å². The molecule has 1 saturated heterocycles. The average molecular weight is 473 g/mol. The molecule has 6 heteroatoms. The highest BCUT2D eigenvalue weighted by atomic mass is 16.2. The lowest BCUT2D eigenvalue weighted by molar-refractivity contribution is -0.136. The van der Waals surface area contributed by atoms with Gasteiger partial charge in [-0.05, 0) is 73.6 Å². The molecule has 1 saturated carbocycles. The molecule has 1 aromatic heterocycles. The van der Waals surface area contributed by atoms with Crippen LogP contribution in [0.3, 0.4) is 0 Å². The van der Waals surface area contributed by atoms with E-state index in [0.29, 0.717) is 24.1 Å². The van der Waals surface area contributed by atoms with Crippen LogP contribution >= 0.6 is 0 Å². The van der Waals surface area contributed by atoms with E-state index in [9.17, 15) is 14.9 Å². The first-order valence-corrected chi connectivity index (χ1v) is 12.9. The minimum absolute atomic E-state index is 0.0104. The number of nitriles is 1. The number of carbonyl (C=O) groups excluding carboxylic acids is 2. The molecule has 2 aliphatic rings. The number of piperazine rings is 1. The van der Waals surface area contributed by atoms with Gasteiger partial charge in [0.05, 0.1) is 11.6 Å². The molecule has 184 valence electrons. The number of benzene rings is 1. The van der Waals surface area contributed by atoms with Crippen LogP contribution in [0.2, 0.25) is 0 Å². The molecule has 2 fully saturated rings. The van der Waals surface area contributed by atoms with Gasteiger partial charge in [0.15, 0.2) is 5.78 Å². The molecule has 0 N–H and O–H groups in total. The average Bonchev–Trinajstić information content (AvgIpc) is 3.69. The standard InChI is InChI=1S/C29H36N4O2/c1-4-27-9-8-24(17-31-27)28(34)15-25-13-23(16-30)14-26(21(25)3)19-32-11-12-33(20(2)18-32)29(35)10-7-22-5-6-22/h8-9,13-14,17,20,22H,4-7,10-12,15,18-19H2,1-3H3/t20-/m0/s1. The number of rotatable bonds is 9. The van der Waals surface area contributed by atoms with E-state index in [1.54, 1.807) is 6.20 Å². The number of nitrogens with zero attached hydrogens (tertiary/aromatic N) is 4. The minimum Gasteiger partial charge on any atom is -0.337 e. The normalized spacial score (nSPS) is 18.3. The Balaban J connectivity index is 1.42. The third kappa shape index (κ3) is 6.35. The van der Waals surface area contributed by atoms with E-state index < -0.39 is 0 Å². The molecule has 0 spiro atoms. The van der Waals surface area contributed by atoms with Crippen LogP contribution in [0.25, 0.3) is 0 Å². The van der Waals surface area contributed by atoms with E-state index in [4.69, 9.17) is 0 Å². The van der Waals surface area contributed by atoms with Crippen molar-refractivity contribution in [1.29, 1.82) is 5.26 Å². The summed E-state index contributed by atoms with van der Waals surface area (Å²) in [5, 5.41) is 9.62. The van der Waals surface area contributed by atoms with Crippen LogP contribution in [0, 0.1) is 24.2 Å². The van der Waals surface area contributed by atoms with Gasteiger partial charge >= 0.3 is 0 Å². The third-order valence-corrected chi connectivity index (χ3v) is 7.50. The van der Waals surface area contributed by atoms with E-state index in [1.165, 1.54) is 12.8 Å². The fraction of sp³-hybridized carbons (Fsp3) is 0.517. The molecule has 1 aliphatic carbocycles. The van der Waals surface area contributed by atoms with Gasteiger partial charge in [-0.25, -0.2) is 0 Å². The molecule has 1 amide bonds. The zero-order valence-electron chi connectivity index (χ0n) is 21.2. The van der Waals surface area contributed by atoms with Gasteiger partial charge in [0.25, 0.3) is 0 Å². The van der Waals surface area contributed by atoms with Crippen molar-refractivity contribution in [3.8, 4) is 6.07 Å². The number of amides is 1. The van der Waals surface area contributed by atoms with Crippen LogP contribution in [0.4, 0.5) is 0 Å². The smallest absolute Gasteiger partial charge is 0.222 e. The van der Waals surface area contributed by atoms with Gasteiger partial charge in [-0.1, -0.05) is 19.8 Å². The molecule has 35 heavy (non-hydrogen) atoms. The summed E-state index contributed by atoms with van der Waals surface area (Å²) in [5.74, 6) is 1.07. The summed E-state index contributed by atoms with van der Waals surface area (Å²) < 4.78 is 0. The molecule has 1 atom stereocenters. The number of carbonyl (C=O) groups is 2. The van der Waals surface area contributed by atoms with E-state index >= 15 is 0 Å². The maximum absolute atomic E-state index is 12.9. The molecule has 2 aromatic rings. The summed E-state index contributed by atoms with van der Waals surface area (Å²) >= 11 is 0. The number of Topliss-reactive ketones (excluding diaryl/α,β-unsaturated/α-hetero) is 1. The van der Waals surface area contributed by atoms with Gasteiger partial charge < -0.3 is 4.90 Å². The molecular weight excluding hydrogens is 436 g/mol. The Kier molecular flexibility index (Phi) is 7.97. The van der Waals surface area contributed by atoms with E-state index in [2.05, 4.69) is 22.9 Å². The Morgan fingerprint density at radius 3 is 2.57 bits per heavy atom. The lowest BCUT2D eigenvalue weighted by Crippen LogP contribution is -2.53. The summed E-state index contributed by atoms with van der Waals surface area (Å²) in [7, 11) is 0. The molecule has 1 aliphatic heterocycles. The topological polar surface area (TPSA) is 77.3 Å². The Morgan fingerprint density at radius 2 is 1.94 bits per heavy atom. The Morgan fingerprint density at radius 1 is 1.17 bits per heavy atom. The highest BCUT2D eigenvalue weighted by Gasteiger charge is 2.29. The van der Waals surface area contributed by atoms with Gasteiger partial charge in [0.2, 0.25) is 5.91 Å². The maximum atomic E-state index is 12.9. The van der Waals surface area contributed by atoms with Crippen LogP contribution in [-0.4, -0.2) is 52.2 Å². The quantitative estimate of drug-likeness (QED) is 0.503. The molecule has 6 nitrogen and oxygen atoms in total. The number of aromatic nitrogens is 1. The van der Waals surface area contributed by atoms with Crippen molar-refractivity contribution in [2.75, 3.05) is 19.6 Å². The fourth-order valence-corrected chi connectivity index (χ4v) is 4.99. The molecule has 0 unspecified atom stereocenters. The first-order chi connectivity index (χ1) is 16.9. The predicted molar refractivity (Wildman–Crippen MR) is 136 cm³/mol. The molecule has 0 radical (unpaired) electrons. The fourth-order valence-electron chi connectivity index (χ4n) is 4.99. The van der Waals surface area contributed by atoms with Crippen LogP contribution < -0.4 is 0 Å². The molecule has 1 aromatic carbocycles. The number of hydrogen-bond acceptors (Lipinski definition) is 5. The number of pyridine rings is 1. The van der Waals surface area contributed by atoms with Crippen LogP contribution in [0.5, 0.6) is 0 Å². The second-order valence-electron chi connectivity index (χ2n) is 10.2. The summed E-state index contributed by atoms with van der Waals surface area (Å²) in [6.07, 6.45) is 7.02. The van der Waals surface area contributed by atoms with Crippen LogP contribution in [0.1, 0.15) is 77.8 Å². The molecule has 2 heterocycles. The predicted octanol–water partition coefficient (Wildman–Crippen LogP) is 4.47.